The van der Waals surface area contributed by atoms with Crippen molar-refractivity contribution in [2.24, 2.45) is 5.73 Å². The second-order valence-electron chi connectivity index (χ2n) is 2.70. The van der Waals surface area contributed by atoms with Gasteiger partial charge in [-0.3, -0.25) is 4.79 Å². The Labute approximate surface area is 78.7 Å². The predicted molar refractivity (Wildman–Crippen MR) is 48.9 cm³/mol. The maximum Gasteiger partial charge on any atom is 0.325 e. The average Bonchev–Trinajstić information content (AvgIpc) is 2.17. The molecule has 0 aromatic heterocycles. The maximum atomic E-state index is 11.2. The third-order valence-corrected chi connectivity index (χ3v) is 1.88. The Morgan fingerprint density at radius 2 is 2.15 bits per heavy atom. The molecule has 0 saturated carbocycles. The van der Waals surface area contributed by atoms with Crippen LogP contribution in [-0.4, -0.2) is 44.9 Å². The molecule has 0 amide bonds. The van der Waals surface area contributed by atoms with Crippen LogP contribution < -0.4 is 5.73 Å². The first kappa shape index (κ1) is 12.3. The lowest BCUT2D eigenvalue weighted by atomic mass is 10.1. The summed E-state index contributed by atoms with van der Waals surface area (Å²) in [4.78, 5) is 16.2. The Bertz CT molecular complexity index is 152. The number of likely N-dealkylation sites (N-methyl/N-ethyl adjacent to an activating group) is 1. The molecule has 0 spiro atoms. The van der Waals surface area contributed by atoms with Crippen molar-refractivity contribution in [3.05, 3.63) is 0 Å². The maximum absolute atomic E-state index is 11.2. The van der Waals surface area contributed by atoms with E-state index in [0.717, 1.165) is 6.42 Å². The van der Waals surface area contributed by atoms with Gasteiger partial charge in [0.25, 0.3) is 0 Å². The van der Waals surface area contributed by atoms with Crippen molar-refractivity contribution in [1.29, 1.82) is 0 Å². The van der Waals surface area contributed by atoms with Crippen LogP contribution in [0.3, 0.4) is 0 Å². The Hall–Kier alpha value is -0.650. The number of hydrogen-bond donors (Lipinski definition) is 1. The Kier molecular flexibility index (Phi) is 6.48. The highest BCUT2D eigenvalue weighted by Crippen LogP contribution is 2.06. The molecule has 2 N–H and O–H groups in total. The SMILES string of the molecule is COC(=O)C(CCCN)N(C)OC. The Morgan fingerprint density at radius 1 is 1.54 bits per heavy atom. The minimum Gasteiger partial charge on any atom is -0.468 e. The van der Waals surface area contributed by atoms with Crippen LogP contribution in [0.2, 0.25) is 0 Å². The molecule has 78 valence electrons. The van der Waals surface area contributed by atoms with Gasteiger partial charge in [0.15, 0.2) is 0 Å². The van der Waals surface area contributed by atoms with Gasteiger partial charge in [0, 0.05) is 7.05 Å². The lowest BCUT2D eigenvalue weighted by Crippen LogP contribution is -2.38. The first-order valence-corrected chi connectivity index (χ1v) is 4.22. The summed E-state index contributed by atoms with van der Waals surface area (Å²) in [6.45, 7) is 0.561. The number of carbonyl (C=O) groups excluding carboxylic acids is 1. The monoisotopic (exact) mass is 190 g/mol. The number of hydrogen-bond acceptors (Lipinski definition) is 5. The quantitative estimate of drug-likeness (QED) is 0.462. The summed E-state index contributed by atoms with van der Waals surface area (Å²) in [5.41, 5.74) is 5.35. The second kappa shape index (κ2) is 6.82. The zero-order valence-electron chi connectivity index (χ0n) is 8.45. The lowest BCUT2D eigenvalue weighted by Gasteiger charge is -2.23. The van der Waals surface area contributed by atoms with Crippen LogP contribution in [0.15, 0.2) is 0 Å². The molecule has 13 heavy (non-hydrogen) atoms. The third-order valence-electron chi connectivity index (χ3n) is 1.88. The van der Waals surface area contributed by atoms with Gasteiger partial charge in [-0.2, -0.15) is 5.06 Å². The smallest absolute Gasteiger partial charge is 0.325 e. The fraction of sp³-hybridized carbons (Fsp3) is 0.875. The number of rotatable bonds is 6. The van der Waals surface area contributed by atoms with Crippen LogP contribution in [0.5, 0.6) is 0 Å². The van der Waals surface area contributed by atoms with Gasteiger partial charge in [0.1, 0.15) is 6.04 Å². The molecule has 0 radical (unpaired) electrons. The largest absolute Gasteiger partial charge is 0.468 e. The van der Waals surface area contributed by atoms with E-state index in [2.05, 4.69) is 4.74 Å². The topological polar surface area (TPSA) is 64.8 Å². The summed E-state index contributed by atoms with van der Waals surface area (Å²) in [5, 5.41) is 1.47. The number of carbonyl (C=O) groups is 1. The fourth-order valence-electron chi connectivity index (χ4n) is 1.02. The molecular weight excluding hydrogens is 172 g/mol. The minimum atomic E-state index is -0.362. The van der Waals surface area contributed by atoms with E-state index in [1.165, 1.54) is 19.3 Å². The summed E-state index contributed by atoms with van der Waals surface area (Å²) in [7, 11) is 4.57. The molecule has 0 aliphatic carbocycles. The number of ether oxygens (including phenoxy) is 1. The fourth-order valence-corrected chi connectivity index (χ4v) is 1.02. The summed E-state index contributed by atoms with van der Waals surface area (Å²) in [6, 6.07) is -0.362. The molecule has 1 unspecified atom stereocenters. The lowest BCUT2D eigenvalue weighted by molar-refractivity contribution is -0.177. The van der Waals surface area contributed by atoms with Crippen molar-refractivity contribution < 1.29 is 14.4 Å². The van der Waals surface area contributed by atoms with Crippen molar-refractivity contribution in [3.63, 3.8) is 0 Å². The van der Waals surface area contributed by atoms with Crippen LogP contribution in [-0.2, 0) is 14.4 Å². The van der Waals surface area contributed by atoms with Gasteiger partial charge < -0.3 is 15.3 Å². The van der Waals surface area contributed by atoms with E-state index < -0.39 is 0 Å². The first-order valence-electron chi connectivity index (χ1n) is 4.22. The molecule has 0 aromatic carbocycles. The van der Waals surface area contributed by atoms with E-state index in [0.29, 0.717) is 13.0 Å². The molecule has 0 aliphatic heterocycles. The zero-order chi connectivity index (χ0) is 10.3. The molecular formula is C8H18N2O3. The van der Waals surface area contributed by atoms with Crippen LogP contribution in [0.1, 0.15) is 12.8 Å². The molecule has 0 bridgehead atoms. The van der Waals surface area contributed by atoms with Crippen molar-refractivity contribution in [2.75, 3.05) is 27.8 Å². The summed E-state index contributed by atoms with van der Waals surface area (Å²) < 4.78 is 4.63. The van der Waals surface area contributed by atoms with Gasteiger partial charge in [-0.15, -0.1) is 0 Å². The Balaban J connectivity index is 4.09. The van der Waals surface area contributed by atoms with Gasteiger partial charge in [0.2, 0.25) is 0 Å². The van der Waals surface area contributed by atoms with E-state index in [4.69, 9.17) is 10.6 Å². The summed E-state index contributed by atoms with van der Waals surface area (Å²) in [5.74, 6) is -0.294. The van der Waals surface area contributed by atoms with E-state index >= 15 is 0 Å². The minimum absolute atomic E-state index is 0.294. The molecule has 0 fully saturated rings. The standard InChI is InChI=1S/C8H18N2O3/c1-10(13-3)7(5-4-6-9)8(11)12-2/h7H,4-6,9H2,1-3H3. The molecule has 0 aromatic rings. The predicted octanol–water partition coefficient (Wildman–Crippen LogP) is -0.240. The first-order chi connectivity index (χ1) is 6.17. The van der Waals surface area contributed by atoms with E-state index in [-0.39, 0.29) is 12.0 Å². The number of nitrogens with zero attached hydrogens (tertiary/aromatic N) is 1. The van der Waals surface area contributed by atoms with Crippen molar-refractivity contribution in [2.45, 2.75) is 18.9 Å². The van der Waals surface area contributed by atoms with Crippen LogP contribution in [0.4, 0.5) is 0 Å². The highest BCUT2D eigenvalue weighted by molar-refractivity contribution is 5.75. The molecule has 1 atom stereocenters. The number of methoxy groups -OCH3 is 1. The van der Waals surface area contributed by atoms with Crippen LogP contribution in [0.25, 0.3) is 0 Å². The van der Waals surface area contributed by atoms with Gasteiger partial charge in [0.05, 0.1) is 14.2 Å². The molecule has 0 aliphatic rings. The van der Waals surface area contributed by atoms with E-state index in [1.54, 1.807) is 7.05 Å². The average molecular weight is 190 g/mol. The van der Waals surface area contributed by atoms with Crippen LogP contribution in [0, 0.1) is 0 Å². The van der Waals surface area contributed by atoms with E-state index in [1.807, 2.05) is 0 Å². The molecule has 0 rings (SSSR count). The van der Waals surface area contributed by atoms with Crippen LogP contribution >= 0.6 is 0 Å². The summed E-state index contributed by atoms with van der Waals surface area (Å²) in [6.07, 6.45) is 1.42. The Morgan fingerprint density at radius 3 is 2.54 bits per heavy atom. The van der Waals surface area contributed by atoms with Crippen molar-refractivity contribution in [3.8, 4) is 0 Å². The molecule has 5 heteroatoms. The molecule has 0 saturated heterocycles. The number of hydroxylamine groups is 2. The third kappa shape index (κ3) is 4.21. The van der Waals surface area contributed by atoms with Gasteiger partial charge in [-0.1, -0.05) is 0 Å². The van der Waals surface area contributed by atoms with Gasteiger partial charge >= 0.3 is 5.97 Å². The second-order valence-corrected chi connectivity index (χ2v) is 2.70. The highest BCUT2D eigenvalue weighted by atomic mass is 16.7. The van der Waals surface area contributed by atoms with E-state index in [9.17, 15) is 4.79 Å². The van der Waals surface area contributed by atoms with Crippen molar-refractivity contribution in [1.82, 2.24) is 5.06 Å². The normalized spacial score (nSPS) is 13.0. The summed E-state index contributed by atoms with van der Waals surface area (Å²) >= 11 is 0. The van der Waals surface area contributed by atoms with Gasteiger partial charge in [-0.25, -0.2) is 0 Å². The van der Waals surface area contributed by atoms with Crippen molar-refractivity contribution >= 4 is 5.97 Å². The molecule has 0 heterocycles. The highest BCUT2D eigenvalue weighted by Gasteiger charge is 2.23. The number of esters is 1. The number of nitrogens with two attached hydrogens (primary N) is 1. The zero-order valence-corrected chi connectivity index (χ0v) is 8.45. The van der Waals surface area contributed by atoms with Gasteiger partial charge in [-0.05, 0) is 19.4 Å². The molecule has 5 nitrogen and oxygen atoms in total.